The topological polar surface area (TPSA) is 237 Å². The molecule has 17 nitrogen and oxygen atoms in total. The van der Waals surface area contributed by atoms with Gasteiger partial charge in [-0.3, -0.25) is 37.3 Å². The van der Waals surface area contributed by atoms with Crippen molar-refractivity contribution in [1.82, 2.24) is 0 Å². The molecule has 0 aliphatic rings. The zero-order valence-electron chi connectivity index (χ0n) is 66.2. The quantitative estimate of drug-likeness (QED) is 0.0222. The Morgan fingerprint density at radius 1 is 0.287 bits per heavy atom. The van der Waals surface area contributed by atoms with Crippen molar-refractivity contribution in [3.8, 4) is 0 Å². The van der Waals surface area contributed by atoms with Gasteiger partial charge in [0.15, 0.2) is 12.2 Å². The van der Waals surface area contributed by atoms with Gasteiger partial charge in [-0.25, -0.2) is 9.13 Å². The number of phosphoric acid groups is 2. The van der Waals surface area contributed by atoms with E-state index in [9.17, 15) is 43.2 Å². The average molecular weight is 1480 g/mol. The second-order valence-corrected chi connectivity index (χ2v) is 33.1. The van der Waals surface area contributed by atoms with Crippen molar-refractivity contribution in [2.24, 2.45) is 11.8 Å². The first-order valence-corrected chi connectivity index (χ1v) is 45.5. The highest BCUT2D eigenvalue weighted by Crippen LogP contribution is 2.45. The summed E-state index contributed by atoms with van der Waals surface area (Å²) in [5.74, 6) is -0.627. The minimum atomic E-state index is -4.96. The van der Waals surface area contributed by atoms with Crippen molar-refractivity contribution in [3.63, 3.8) is 0 Å². The van der Waals surface area contributed by atoms with Crippen LogP contribution in [0.5, 0.6) is 0 Å². The fraction of sp³-hybridized carbons (Fsp3) is 0.951. The number of carbonyl (C=O) groups is 4. The van der Waals surface area contributed by atoms with E-state index in [2.05, 4.69) is 41.5 Å². The zero-order valence-corrected chi connectivity index (χ0v) is 68.0. The Morgan fingerprint density at radius 3 is 0.752 bits per heavy atom. The molecule has 0 saturated carbocycles. The number of carbonyl (C=O) groups excluding carboxylic acids is 4. The molecule has 101 heavy (non-hydrogen) atoms. The number of aliphatic hydroxyl groups is 1. The molecule has 19 heteroatoms. The van der Waals surface area contributed by atoms with E-state index in [4.69, 9.17) is 37.0 Å². The highest BCUT2D eigenvalue weighted by atomic mass is 31.2. The monoisotopic (exact) mass is 1480 g/mol. The van der Waals surface area contributed by atoms with Crippen molar-refractivity contribution in [2.45, 2.75) is 452 Å². The summed E-state index contributed by atoms with van der Waals surface area (Å²) in [6.45, 7) is 9.58. The second kappa shape index (κ2) is 73.6. The van der Waals surface area contributed by atoms with Gasteiger partial charge in [0, 0.05) is 25.7 Å². The summed E-state index contributed by atoms with van der Waals surface area (Å²) in [6.07, 6.45) is 64.0. The molecule has 0 heterocycles. The number of unbranched alkanes of at least 4 members (excludes halogenated alkanes) is 50. The van der Waals surface area contributed by atoms with Crippen LogP contribution in [0.1, 0.15) is 433 Å². The van der Waals surface area contributed by atoms with Gasteiger partial charge in [-0.2, -0.15) is 0 Å². The number of hydrogen-bond donors (Lipinski definition) is 3. The Bertz CT molecular complexity index is 1940. The Hall–Kier alpha value is -1.94. The molecule has 0 amide bonds. The van der Waals surface area contributed by atoms with Gasteiger partial charge < -0.3 is 33.8 Å². The lowest BCUT2D eigenvalue weighted by molar-refractivity contribution is -0.161. The normalized spacial score (nSPS) is 14.2. The first-order chi connectivity index (χ1) is 48.9. The lowest BCUT2D eigenvalue weighted by Gasteiger charge is -2.21. The molecule has 0 aromatic rings. The van der Waals surface area contributed by atoms with E-state index >= 15 is 0 Å². The number of rotatable bonds is 81. The summed E-state index contributed by atoms with van der Waals surface area (Å²) in [5.41, 5.74) is 0. The molecule has 6 atom stereocenters. The average Bonchev–Trinajstić information content (AvgIpc) is 1.10. The maximum absolute atomic E-state index is 13.1. The Morgan fingerprint density at radius 2 is 0.505 bits per heavy atom. The number of phosphoric ester groups is 2. The highest BCUT2D eigenvalue weighted by molar-refractivity contribution is 7.47. The third-order valence-corrected chi connectivity index (χ3v) is 21.5. The standard InChI is InChI=1S/C82H160O17P2/c1-7-10-12-14-16-18-20-22-24-26-27-28-29-30-31-33-35-37-42-46-54-60-66-81(86)98-77(70-92-79(84)64-58-52-45-41-36-34-32-25-23-21-19-17-15-13-11-8-2)72-96-100(88,89)94-68-76(83)69-95-101(90,91)97-73-78(71-93-80(85)65-59-53-49-48-51-57-63-75(6)9-3)99-82(87)67-61-55-47-43-39-38-40-44-50-56-62-74(4)5/h74-78,83H,7-73H2,1-6H3,(H,88,89)(H,90,91)/t75?,76-,77-,78-/m1/s1. The van der Waals surface area contributed by atoms with Crippen molar-refractivity contribution in [1.29, 1.82) is 0 Å². The summed E-state index contributed by atoms with van der Waals surface area (Å²) < 4.78 is 68.7. The molecule has 0 spiro atoms. The van der Waals surface area contributed by atoms with E-state index in [-0.39, 0.29) is 25.7 Å². The first kappa shape index (κ1) is 99.1. The third-order valence-electron chi connectivity index (χ3n) is 19.6. The highest BCUT2D eigenvalue weighted by Gasteiger charge is 2.30. The van der Waals surface area contributed by atoms with Crippen LogP contribution in [0.15, 0.2) is 0 Å². The van der Waals surface area contributed by atoms with Gasteiger partial charge in [0.2, 0.25) is 0 Å². The number of esters is 4. The van der Waals surface area contributed by atoms with E-state index in [1.807, 2.05) is 0 Å². The van der Waals surface area contributed by atoms with Crippen LogP contribution in [0.3, 0.4) is 0 Å². The summed E-state index contributed by atoms with van der Waals surface area (Å²) in [7, 11) is -9.92. The minimum Gasteiger partial charge on any atom is -0.462 e. The van der Waals surface area contributed by atoms with Crippen molar-refractivity contribution >= 4 is 39.5 Å². The zero-order chi connectivity index (χ0) is 74.2. The van der Waals surface area contributed by atoms with E-state index in [0.29, 0.717) is 25.7 Å². The van der Waals surface area contributed by atoms with E-state index in [1.54, 1.807) is 0 Å². The molecule has 0 aromatic heterocycles. The molecule has 0 rings (SSSR count). The Labute approximate surface area is 619 Å². The number of aliphatic hydroxyl groups excluding tert-OH is 1. The van der Waals surface area contributed by atoms with E-state index in [1.165, 1.54) is 244 Å². The maximum Gasteiger partial charge on any atom is 0.472 e. The molecule has 0 aliphatic heterocycles. The number of ether oxygens (including phenoxy) is 4. The maximum atomic E-state index is 13.1. The van der Waals surface area contributed by atoms with Gasteiger partial charge >= 0.3 is 39.5 Å². The summed E-state index contributed by atoms with van der Waals surface area (Å²) in [6, 6.07) is 0. The molecule has 0 fully saturated rings. The van der Waals surface area contributed by atoms with Crippen LogP contribution >= 0.6 is 15.6 Å². The minimum absolute atomic E-state index is 0.105. The van der Waals surface area contributed by atoms with Gasteiger partial charge in [0.1, 0.15) is 19.3 Å². The van der Waals surface area contributed by atoms with Crippen molar-refractivity contribution in [3.05, 3.63) is 0 Å². The van der Waals surface area contributed by atoms with Crippen LogP contribution in [0.2, 0.25) is 0 Å². The number of hydrogen-bond acceptors (Lipinski definition) is 15. The van der Waals surface area contributed by atoms with Gasteiger partial charge in [-0.1, -0.05) is 382 Å². The molecule has 0 saturated heterocycles. The fourth-order valence-electron chi connectivity index (χ4n) is 12.7. The predicted molar refractivity (Wildman–Crippen MR) is 414 cm³/mol. The van der Waals surface area contributed by atoms with Crippen LogP contribution in [0.25, 0.3) is 0 Å². The van der Waals surface area contributed by atoms with Gasteiger partial charge in [-0.05, 0) is 37.5 Å². The lowest BCUT2D eigenvalue weighted by Crippen LogP contribution is -2.30. The SMILES string of the molecule is CCCCCCCCCCCCCCCCCCCCCCCCC(=O)O[C@H](COC(=O)CCCCCCCCCCCCCCCCCC)COP(=O)(O)OC[C@@H](O)COP(=O)(O)OC[C@@H](COC(=O)CCCCCCCCC(C)CC)OC(=O)CCCCCCCCCCCCC(C)C. The summed E-state index contributed by atoms with van der Waals surface area (Å²) >= 11 is 0. The second-order valence-electron chi connectivity index (χ2n) is 30.2. The summed E-state index contributed by atoms with van der Waals surface area (Å²) in [4.78, 5) is 73.0. The Balaban J connectivity index is 5.21. The van der Waals surface area contributed by atoms with Gasteiger partial charge in [0.05, 0.1) is 26.4 Å². The molecule has 3 unspecified atom stereocenters. The van der Waals surface area contributed by atoms with Crippen molar-refractivity contribution in [2.75, 3.05) is 39.6 Å². The fourth-order valence-corrected chi connectivity index (χ4v) is 14.3. The van der Waals surface area contributed by atoms with Gasteiger partial charge in [0.25, 0.3) is 0 Å². The molecule has 0 aliphatic carbocycles. The van der Waals surface area contributed by atoms with Gasteiger partial charge in [-0.15, -0.1) is 0 Å². The molecular weight excluding hydrogens is 1320 g/mol. The Kier molecular flexibility index (Phi) is 72.2. The molecular formula is C82H160O17P2. The molecule has 0 bridgehead atoms. The lowest BCUT2D eigenvalue weighted by atomic mass is 10.00. The van der Waals surface area contributed by atoms with Crippen LogP contribution in [-0.4, -0.2) is 96.7 Å². The summed E-state index contributed by atoms with van der Waals surface area (Å²) in [5, 5.41) is 10.6. The largest absolute Gasteiger partial charge is 0.472 e. The van der Waals surface area contributed by atoms with Crippen LogP contribution in [-0.2, 0) is 65.4 Å². The van der Waals surface area contributed by atoms with Crippen molar-refractivity contribution < 1.29 is 80.2 Å². The van der Waals surface area contributed by atoms with Crippen LogP contribution in [0, 0.1) is 11.8 Å². The smallest absolute Gasteiger partial charge is 0.462 e. The molecule has 600 valence electrons. The third kappa shape index (κ3) is 74.7. The van der Waals surface area contributed by atoms with Crippen LogP contribution < -0.4 is 0 Å². The van der Waals surface area contributed by atoms with E-state index in [0.717, 1.165) is 108 Å². The van der Waals surface area contributed by atoms with E-state index < -0.39 is 97.5 Å². The molecule has 0 aromatic carbocycles. The molecule has 0 radical (unpaired) electrons. The molecule has 3 N–H and O–H groups in total. The predicted octanol–water partition coefficient (Wildman–Crippen LogP) is 24.7. The van der Waals surface area contributed by atoms with Crippen LogP contribution in [0.4, 0.5) is 0 Å². The first-order valence-electron chi connectivity index (χ1n) is 42.5.